The van der Waals surface area contributed by atoms with Crippen molar-refractivity contribution < 1.29 is 9.18 Å². The molecule has 2 rings (SSSR count). The number of carbonyl (C=O) groups excluding carboxylic acids is 1. The highest BCUT2D eigenvalue weighted by Crippen LogP contribution is 2.20. The smallest absolute Gasteiger partial charge is 0.237 e. The van der Waals surface area contributed by atoms with E-state index in [1.165, 1.54) is 12.1 Å². The average molecular weight is 352 g/mol. The predicted octanol–water partition coefficient (Wildman–Crippen LogP) is 2.10. The summed E-state index contributed by atoms with van der Waals surface area (Å²) in [6.07, 6.45) is 1.88. The van der Waals surface area contributed by atoms with Crippen molar-refractivity contribution in [3.63, 3.8) is 0 Å². The minimum atomic E-state index is -0.235. The normalized spacial score (nSPS) is 19.0. The van der Waals surface area contributed by atoms with Crippen molar-refractivity contribution in [1.29, 1.82) is 0 Å². The van der Waals surface area contributed by atoms with Gasteiger partial charge in [0.2, 0.25) is 5.91 Å². The number of hydrogen-bond donors (Lipinski definition) is 2. The second kappa shape index (κ2) is 10.0. The van der Waals surface area contributed by atoms with Crippen molar-refractivity contribution in [2.75, 3.05) is 13.1 Å². The van der Waals surface area contributed by atoms with Gasteiger partial charge in [0.15, 0.2) is 0 Å². The van der Waals surface area contributed by atoms with Gasteiger partial charge in [-0.3, -0.25) is 9.69 Å². The number of nitrogens with one attached hydrogen (secondary N) is 1. The molecule has 7 heteroatoms. The Kier molecular flexibility index (Phi) is 9.60. The zero-order chi connectivity index (χ0) is 14.5. The Balaban J connectivity index is 0.00000220. The number of nitrogens with two attached hydrogens (primary N) is 1. The molecular formula is C15H24Cl2FN3O. The highest BCUT2D eigenvalue weighted by Gasteiger charge is 2.30. The summed E-state index contributed by atoms with van der Waals surface area (Å²) in [5.41, 5.74) is 6.55. The summed E-state index contributed by atoms with van der Waals surface area (Å²) in [7, 11) is 0. The first-order valence-electron chi connectivity index (χ1n) is 7.09. The van der Waals surface area contributed by atoms with Crippen LogP contribution in [0.4, 0.5) is 4.39 Å². The molecule has 126 valence electrons. The molecule has 1 fully saturated rings. The lowest BCUT2D eigenvalue weighted by Gasteiger charge is -2.25. The standard InChI is InChI=1S/C15H22FN3O.2ClH/c1-11(9-17)18-15(20)14-3-2-8-19(14)10-12-4-6-13(16)7-5-12;;/h4-7,11,14H,2-3,8-10,17H2,1H3,(H,18,20);2*1H/t11-,14?;;/m0../s1. The molecule has 3 N–H and O–H groups in total. The fourth-order valence-electron chi connectivity index (χ4n) is 2.53. The lowest BCUT2D eigenvalue weighted by atomic mass is 10.1. The molecule has 1 heterocycles. The van der Waals surface area contributed by atoms with Crippen LogP contribution in [0, 0.1) is 5.82 Å². The van der Waals surface area contributed by atoms with Crippen LogP contribution < -0.4 is 11.1 Å². The van der Waals surface area contributed by atoms with Crippen molar-refractivity contribution in [2.45, 2.75) is 38.4 Å². The van der Waals surface area contributed by atoms with Crippen LogP contribution in [-0.4, -0.2) is 36.0 Å². The molecule has 0 aliphatic carbocycles. The quantitative estimate of drug-likeness (QED) is 0.853. The van der Waals surface area contributed by atoms with E-state index in [0.29, 0.717) is 13.1 Å². The second-order valence-corrected chi connectivity index (χ2v) is 5.40. The molecule has 1 aromatic rings. The van der Waals surface area contributed by atoms with Crippen LogP contribution in [-0.2, 0) is 11.3 Å². The van der Waals surface area contributed by atoms with Crippen LogP contribution in [0.2, 0.25) is 0 Å². The van der Waals surface area contributed by atoms with Gasteiger partial charge in [-0.05, 0) is 44.0 Å². The number of benzene rings is 1. The first kappa shape index (κ1) is 21.1. The summed E-state index contributed by atoms with van der Waals surface area (Å²) < 4.78 is 12.9. The lowest BCUT2D eigenvalue weighted by Crippen LogP contribution is -2.47. The van der Waals surface area contributed by atoms with Gasteiger partial charge in [-0.1, -0.05) is 12.1 Å². The Bertz CT molecular complexity index is 459. The highest BCUT2D eigenvalue weighted by atomic mass is 35.5. The first-order valence-corrected chi connectivity index (χ1v) is 7.09. The minimum absolute atomic E-state index is 0. The molecule has 1 amide bonds. The van der Waals surface area contributed by atoms with Gasteiger partial charge >= 0.3 is 0 Å². The summed E-state index contributed by atoms with van der Waals surface area (Å²) in [5.74, 6) is -0.191. The molecule has 4 nitrogen and oxygen atoms in total. The van der Waals surface area contributed by atoms with E-state index in [0.717, 1.165) is 24.9 Å². The van der Waals surface area contributed by atoms with E-state index in [1.807, 2.05) is 6.92 Å². The fourth-order valence-corrected chi connectivity index (χ4v) is 2.53. The number of likely N-dealkylation sites (tertiary alicyclic amines) is 1. The molecule has 0 saturated carbocycles. The predicted molar refractivity (Wildman–Crippen MR) is 91.0 cm³/mol. The first-order chi connectivity index (χ1) is 9.60. The molecular weight excluding hydrogens is 328 g/mol. The molecule has 1 aliphatic rings. The molecule has 0 bridgehead atoms. The van der Waals surface area contributed by atoms with Crippen LogP contribution in [0.3, 0.4) is 0 Å². The van der Waals surface area contributed by atoms with Gasteiger partial charge in [0, 0.05) is 19.1 Å². The molecule has 22 heavy (non-hydrogen) atoms. The maximum Gasteiger partial charge on any atom is 0.237 e. The van der Waals surface area contributed by atoms with Gasteiger partial charge in [0.25, 0.3) is 0 Å². The zero-order valence-corrected chi connectivity index (χ0v) is 14.3. The van der Waals surface area contributed by atoms with Crippen LogP contribution >= 0.6 is 24.8 Å². The molecule has 1 saturated heterocycles. The van der Waals surface area contributed by atoms with E-state index in [4.69, 9.17) is 5.73 Å². The monoisotopic (exact) mass is 351 g/mol. The molecule has 1 aromatic carbocycles. The molecule has 1 unspecified atom stereocenters. The van der Waals surface area contributed by atoms with Crippen molar-refractivity contribution in [2.24, 2.45) is 5.73 Å². The Hall–Kier alpha value is -0.880. The minimum Gasteiger partial charge on any atom is -0.351 e. The summed E-state index contributed by atoms with van der Waals surface area (Å²) in [4.78, 5) is 14.3. The van der Waals surface area contributed by atoms with Gasteiger partial charge in [0.1, 0.15) is 5.82 Å². The third-order valence-electron chi connectivity index (χ3n) is 3.71. The van der Waals surface area contributed by atoms with E-state index in [9.17, 15) is 9.18 Å². The van der Waals surface area contributed by atoms with Crippen molar-refractivity contribution in [3.05, 3.63) is 35.6 Å². The topological polar surface area (TPSA) is 58.4 Å². The SMILES string of the molecule is C[C@@H](CN)NC(=O)C1CCCN1Cc1ccc(F)cc1.Cl.Cl. The van der Waals surface area contributed by atoms with E-state index in [1.54, 1.807) is 12.1 Å². The van der Waals surface area contributed by atoms with E-state index in [2.05, 4.69) is 10.2 Å². The molecule has 0 aromatic heterocycles. The summed E-state index contributed by atoms with van der Waals surface area (Å²) >= 11 is 0. The molecule has 1 aliphatic heterocycles. The van der Waals surface area contributed by atoms with Crippen molar-refractivity contribution in [3.8, 4) is 0 Å². The Morgan fingerprint density at radius 2 is 2.05 bits per heavy atom. The second-order valence-electron chi connectivity index (χ2n) is 5.40. The Labute approximate surface area is 143 Å². The van der Waals surface area contributed by atoms with Gasteiger partial charge < -0.3 is 11.1 Å². The van der Waals surface area contributed by atoms with Gasteiger partial charge in [-0.15, -0.1) is 24.8 Å². The number of amides is 1. The third-order valence-corrected chi connectivity index (χ3v) is 3.71. The van der Waals surface area contributed by atoms with Crippen LogP contribution in [0.25, 0.3) is 0 Å². The molecule has 0 radical (unpaired) electrons. The number of hydrogen-bond acceptors (Lipinski definition) is 3. The van der Waals surface area contributed by atoms with Crippen LogP contribution in [0.1, 0.15) is 25.3 Å². The van der Waals surface area contributed by atoms with Gasteiger partial charge in [0.05, 0.1) is 6.04 Å². The zero-order valence-electron chi connectivity index (χ0n) is 12.6. The van der Waals surface area contributed by atoms with Crippen LogP contribution in [0.15, 0.2) is 24.3 Å². The Morgan fingerprint density at radius 3 is 2.64 bits per heavy atom. The lowest BCUT2D eigenvalue weighted by molar-refractivity contribution is -0.126. The van der Waals surface area contributed by atoms with Crippen molar-refractivity contribution >= 4 is 30.7 Å². The van der Waals surface area contributed by atoms with E-state index < -0.39 is 0 Å². The van der Waals surface area contributed by atoms with E-state index >= 15 is 0 Å². The molecule has 0 spiro atoms. The Morgan fingerprint density at radius 1 is 1.41 bits per heavy atom. The maximum atomic E-state index is 12.9. The summed E-state index contributed by atoms with van der Waals surface area (Å²) in [6.45, 7) is 3.91. The van der Waals surface area contributed by atoms with Gasteiger partial charge in [-0.2, -0.15) is 0 Å². The number of nitrogens with zero attached hydrogens (tertiary/aromatic N) is 1. The fraction of sp³-hybridized carbons (Fsp3) is 0.533. The van der Waals surface area contributed by atoms with E-state index in [-0.39, 0.29) is 48.6 Å². The largest absolute Gasteiger partial charge is 0.351 e. The van der Waals surface area contributed by atoms with Crippen LogP contribution in [0.5, 0.6) is 0 Å². The number of rotatable bonds is 5. The van der Waals surface area contributed by atoms with Crippen molar-refractivity contribution in [1.82, 2.24) is 10.2 Å². The highest BCUT2D eigenvalue weighted by molar-refractivity contribution is 5.85. The number of halogens is 3. The average Bonchev–Trinajstić information content (AvgIpc) is 2.89. The summed E-state index contributed by atoms with van der Waals surface area (Å²) in [6, 6.07) is 6.34. The third kappa shape index (κ3) is 5.72. The molecule has 2 atom stereocenters. The number of carbonyl (C=O) groups is 1. The summed E-state index contributed by atoms with van der Waals surface area (Å²) in [5, 5.41) is 2.93. The maximum absolute atomic E-state index is 12.9. The van der Waals surface area contributed by atoms with Gasteiger partial charge in [-0.25, -0.2) is 4.39 Å².